The molecule has 5 heteroatoms. The number of thioether (sulfide) groups is 1. The molecule has 1 unspecified atom stereocenters. The highest BCUT2D eigenvalue weighted by Crippen LogP contribution is 2.12. The average Bonchev–Trinajstić information content (AvgIpc) is 2.43. The minimum absolute atomic E-state index is 0.161. The van der Waals surface area contributed by atoms with Crippen LogP contribution in [0.4, 0.5) is 0 Å². The van der Waals surface area contributed by atoms with Crippen LogP contribution in [0.3, 0.4) is 0 Å². The summed E-state index contributed by atoms with van der Waals surface area (Å²) in [4.78, 5) is 12.1. The van der Waals surface area contributed by atoms with Gasteiger partial charge in [0.15, 0.2) is 0 Å². The van der Waals surface area contributed by atoms with Crippen LogP contribution >= 0.6 is 11.8 Å². The molecule has 1 amide bonds. The van der Waals surface area contributed by atoms with Crippen molar-refractivity contribution in [2.75, 3.05) is 26.5 Å². The van der Waals surface area contributed by atoms with Crippen molar-refractivity contribution < 1.29 is 14.6 Å². The fourth-order valence-corrected chi connectivity index (χ4v) is 2.26. The highest BCUT2D eigenvalue weighted by atomic mass is 32.2. The molecule has 0 fully saturated rings. The molecule has 4 nitrogen and oxygen atoms in total. The van der Waals surface area contributed by atoms with Crippen LogP contribution in [-0.2, 0) is 10.5 Å². The summed E-state index contributed by atoms with van der Waals surface area (Å²) in [5, 5.41) is 12.8. The lowest BCUT2D eigenvalue weighted by atomic mass is 10.0. The van der Waals surface area contributed by atoms with Crippen LogP contribution < -0.4 is 5.32 Å². The molecule has 1 aromatic rings. The van der Waals surface area contributed by atoms with Gasteiger partial charge in [-0.1, -0.05) is 12.1 Å². The zero-order chi connectivity index (χ0) is 15.0. The first-order valence-corrected chi connectivity index (χ1v) is 7.95. The van der Waals surface area contributed by atoms with Crippen LogP contribution in [0.5, 0.6) is 0 Å². The van der Waals surface area contributed by atoms with E-state index in [1.54, 1.807) is 31.9 Å². The van der Waals surface area contributed by atoms with Gasteiger partial charge in [0.1, 0.15) is 0 Å². The van der Waals surface area contributed by atoms with E-state index in [-0.39, 0.29) is 12.5 Å². The zero-order valence-electron chi connectivity index (χ0n) is 12.3. The van der Waals surface area contributed by atoms with Gasteiger partial charge in [-0.05, 0) is 30.9 Å². The third kappa shape index (κ3) is 5.94. The largest absolute Gasteiger partial charge is 0.388 e. The number of aliphatic hydroxyl groups is 1. The van der Waals surface area contributed by atoms with Gasteiger partial charge in [0, 0.05) is 38.0 Å². The zero-order valence-corrected chi connectivity index (χ0v) is 13.1. The maximum Gasteiger partial charge on any atom is 0.251 e. The van der Waals surface area contributed by atoms with Crippen LogP contribution in [0.1, 0.15) is 29.3 Å². The summed E-state index contributed by atoms with van der Waals surface area (Å²) in [7, 11) is 1.59. The third-order valence-corrected chi connectivity index (χ3v) is 3.60. The Hall–Kier alpha value is -1.04. The van der Waals surface area contributed by atoms with E-state index in [0.717, 1.165) is 11.3 Å². The van der Waals surface area contributed by atoms with Gasteiger partial charge < -0.3 is 15.2 Å². The molecule has 0 radical (unpaired) electrons. The minimum atomic E-state index is -0.956. The van der Waals surface area contributed by atoms with Crippen molar-refractivity contribution in [3.8, 4) is 0 Å². The van der Waals surface area contributed by atoms with Gasteiger partial charge in [-0.2, -0.15) is 11.8 Å². The Bertz CT molecular complexity index is 435. The molecular formula is C15H23NO3S. The lowest BCUT2D eigenvalue weighted by molar-refractivity contribution is 0.0243. The summed E-state index contributed by atoms with van der Waals surface area (Å²) >= 11 is 1.72. The first-order valence-electron chi connectivity index (χ1n) is 6.56. The van der Waals surface area contributed by atoms with E-state index in [9.17, 15) is 9.90 Å². The monoisotopic (exact) mass is 297 g/mol. The SMILES string of the molecule is COCCC(C)(O)CNC(=O)c1cccc(CSC)c1. The van der Waals surface area contributed by atoms with Gasteiger partial charge in [0.25, 0.3) is 5.91 Å². The number of amides is 1. The van der Waals surface area contributed by atoms with E-state index < -0.39 is 5.60 Å². The number of carbonyl (C=O) groups is 1. The van der Waals surface area contributed by atoms with Crippen molar-refractivity contribution >= 4 is 17.7 Å². The second-order valence-electron chi connectivity index (χ2n) is 5.06. The maximum absolute atomic E-state index is 12.1. The van der Waals surface area contributed by atoms with Crippen LogP contribution in [0.25, 0.3) is 0 Å². The molecule has 1 atom stereocenters. The predicted molar refractivity (Wildman–Crippen MR) is 83.1 cm³/mol. The van der Waals surface area contributed by atoms with E-state index in [1.807, 2.05) is 24.5 Å². The van der Waals surface area contributed by atoms with E-state index in [1.165, 1.54) is 0 Å². The quantitative estimate of drug-likeness (QED) is 0.771. The van der Waals surface area contributed by atoms with E-state index in [0.29, 0.717) is 18.6 Å². The van der Waals surface area contributed by atoms with Gasteiger partial charge in [-0.25, -0.2) is 0 Å². The topological polar surface area (TPSA) is 58.6 Å². The first kappa shape index (κ1) is 17.0. The number of methoxy groups -OCH3 is 1. The molecule has 0 aromatic heterocycles. The third-order valence-electron chi connectivity index (χ3n) is 2.97. The van der Waals surface area contributed by atoms with Crippen LogP contribution in [0, 0.1) is 0 Å². The van der Waals surface area contributed by atoms with Gasteiger partial charge in [0.2, 0.25) is 0 Å². The lowest BCUT2D eigenvalue weighted by Crippen LogP contribution is -2.41. The Labute approximate surface area is 124 Å². The lowest BCUT2D eigenvalue weighted by Gasteiger charge is -2.23. The summed E-state index contributed by atoms with van der Waals surface area (Å²) < 4.78 is 4.94. The number of rotatable bonds is 8. The summed E-state index contributed by atoms with van der Waals surface area (Å²) in [6.45, 7) is 2.37. The predicted octanol–water partition coefficient (Wildman–Crippen LogP) is 2.07. The van der Waals surface area contributed by atoms with Gasteiger partial charge in [-0.15, -0.1) is 0 Å². The smallest absolute Gasteiger partial charge is 0.251 e. The van der Waals surface area contributed by atoms with E-state index in [4.69, 9.17) is 4.74 Å². The van der Waals surface area contributed by atoms with Crippen molar-refractivity contribution in [3.63, 3.8) is 0 Å². The fraction of sp³-hybridized carbons (Fsp3) is 0.533. The minimum Gasteiger partial charge on any atom is -0.388 e. The molecule has 0 aliphatic rings. The summed E-state index contributed by atoms with van der Waals surface area (Å²) in [6, 6.07) is 7.55. The van der Waals surface area contributed by atoms with Crippen LogP contribution in [-0.4, -0.2) is 43.1 Å². The number of ether oxygens (including phenoxy) is 1. The molecule has 20 heavy (non-hydrogen) atoms. The molecule has 1 aromatic carbocycles. The standard InChI is InChI=1S/C15H23NO3S/c1-15(18,7-8-19-2)11-16-14(17)13-6-4-5-12(9-13)10-20-3/h4-6,9,18H,7-8,10-11H2,1-3H3,(H,16,17). The Kier molecular flexibility index (Phi) is 7.05. The first-order chi connectivity index (χ1) is 9.48. The molecule has 1 rings (SSSR count). The normalized spacial score (nSPS) is 13.8. The van der Waals surface area contributed by atoms with Gasteiger partial charge in [0.05, 0.1) is 5.60 Å². The van der Waals surface area contributed by atoms with Gasteiger partial charge >= 0.3 is 0 Å². The fourth-order valence-electron chi connectivity index (χ4n) is 1.75. The Morgan fingerprint density at radius 1 is 1.50 bits per heavy atom. The molecule has 0 heterocycles. The molecule has 0 saturated heterocycles. The molecule has 0 aliphatic carbocycles. The van der Waals surface area contributed by atoms with Crippen LogP contribution in [0.2, 0.25) is 0 Å². The molecule has 0 aliphatic heterocycles. The number of nitrogens with one attached hydrogen (secondary N) is 1. The second-order valence-corrected chi connectivity index (χ2v) is 5.92. The maximum atomic E-state index is 12.1. The molecule has 2 N–H and O–H groups in total. The number of hydrogen-bond donors (Lipinski definition) is 2. The van der Waals surface area contributed by atoms with Crippen molar-refractivity contribution in [2.45, 2.75) is 24.7 Å². The number of benzene rings is 1. The highest BCUT2D eigenvalue weighted by molar-refractivity contribution is 7.97. The number of hydrogen-bond acceptors (Lipinski definition) is 4. The molecule has 0 saturated carbocycles. The average molecular weight is 297 g/mol. The summed E-state index contributed by atoms with van der Waals surface area (Å²) in [5.74, 6) is 0.720. The van der Waals surface area contributed by atoms with Crippen molar-refractivity contribution in [3.05, 3.63) is 35.4 Å². The van der Waals surface area contributed by atoms with Gasteiger partial charge in [-0.3, -0.25) is 4.79 Å². The summed E-state index contributed by atoms with van der Waals surface area (Å²) in [5.41, 5.74) is 0.790. The molecule has 0 spiro atoms. The molecule has 112 valence electrons. The van der Waals surface area contributed by atoms with E-state index in [2.05, 4.69) is 5.32 Å². The van der Waals surface area contributed by atoms with Crippen molar-refractivity contribution in [1.82, 2.24) is 5.32 Å². The number of carbonyl (C=O) groups excluding carboxylic acids is 1. The Balaban J connectivity index is 2.56. The molecular weight excluding hydrogens is 274 g/mol. The second kappa shape index (κ2) is 8.29. The molecule has 0 bridgehead atoms. The van der Waals surface area contributed by atoms with E-state index >= 15 is 0 Å². The van der Waals surface area contributed by atoms with Crippen LogP contribution in [0.15, 0.2) is 24.3 Å². The summed E-state index contributed by atoms with van der Waals surface area (Å²) in [6.07, 6.45) is 2.51. The highest BCUT2D eigenvalue weighted by Gasteiger charge is 2.21. The van der Waals surface area contributed by atoms with Crippen molar-refractivity contribution in [2.24, 2.45) is 0 Å². The van der Waals surface area contributed by atoms with Crippen molar-refractivity contribution in [1.29, 1.82) is 0 Å². The Morgan fingerprint density at radius 3 is 2.90 bits per heavy atom. The Morgan fingerprint density at radius 2 is 2.25 bits per heavy atom.